The summed E-state index contributed by atoms with van der Waals surface area (Å²) in [5.41, 5.74) is 2.96. The monoisotopic (exact) mass is 529 g/mol. The smallest absolute Gasteiger partial charge is 0.261 e. The predicted octanol–water partition coefficient (Wildman–Crippen LogP) is 6.30. The molecule has 34 heavy (non-hydrogen) atoms. The van der Waals surface area contributed by atoms with Crippen molar-refractivity contribution in [2.24, 2.45) is 0 Å². The van der Waals surface area contributed by atoms with E-state index in [2.05, 4.69) is 15.0 Å². The molecule has 0 saturated heterocycles. The van der Waals surface area contributed by atoms with E-state index in [0.29, 0.717) is 21.5 Å². The maximum absolute atomic E-state index is 12.5. The number of thioether (sulfide) groups is 1. The molecule has 0 aliphatic carbocycles. The molecular formula is C24H20ClN3O3S3. The molecule has 0 aliphatic rings. The second kappa shape index (κ2) is 10.6. The van der Waals surface area contributed by atoms with Crippen LogP contribution < -0.4 is 10.0 Å². The molecule has 0 radical (unpaired) electrons. The van der Waals surface area contributed by atoms with Gasteiger partial charge in [0.05, 0.1) is 16.3 Å². The molecule has 10 heteroatoms. The summed E-state index contributed by atoms with van der Waals surface area (Å²) < 4.78 is 27.6. The maximum atomic E-state index is 12.5. The standard InChI is InChI=1S/C24H20ClN3O3S3/c1-16-6-12-19(13-7-16)34(30,31)28-17-8-10-18(11-9-17)32-15-23(29)27-24-26-22(14-33-24)20-4-2-3-5-21(20)25/h2-14,28H,15H2,1H3,(H,26,27,29). The number of hydrogen-bond acceptors (Lipinski definition) is 6. The van der Waals surface area contributed by atoms with Crippen LogP contribution in [0.25, 0.3) is 11.3 Å². The Morgan fingerprint density at radius 2 is 1.74 bits per heavy atom. The Kier molecular flexibility index (Phi) is 7.57. The molecule has 4 rings (SSSR count). The molecule has 0 aliphatic heterocycles. The summed E-state index contributed by atoms with van der Waals surface area (Å²) in [5, 5.41) is 5.75. The number of aromatic nitrogens is 1. The van der Waals surface area contributed by atoms with E-state index >= 15 is 0 Å². The van der Waals surface area contributed by atoms with Crippen LogP contribution in [-0.2, 0) is 14.8 Å². The number of sulfonamides is 1. The Morgan fingerprint density at radius 3 is 2.44 bits per heavy atom. The van der Waals surface area contributed by atoms with Gasteiger partial charge in [0.2, 0.25) is 5.91 Å². The Morgan fingerprint density at radius 1 is 1.03 bits per heavy atom. The number of thiazole rings is 1. The van der Waals surface area contributed by atoms with Crippen molar-refractivity contribution in [3.05, 3.63) is 88.8 Å². The lowest BCUT2D eigenvalue weighted by atomic mass is 10.2. The third-order valence-corrected chi connectivity index (χ3v) is 8.20. The molecule has 3 aromatic carbocycles. The zero-order valence-corrected chi connectivity index (χ0v) is 21.2. The number of benzene rings is 3. The van der Waals surface area contributed by atoms with Crippen molar-refractivity contribution in [1.82, 2.24) is 4.98 Å². The Bertz CT molecular complexity index is 1400. The fraction of sp³-hybridized carbons (Fsp3) is 0.0833. The molecule has 0 saturated carbocycles. The van der Waals surface area contributed by atoms with Gasteiger partial charge in [-0.15, -0.1) is 23.1 Å². The quantitative estimate of drug-likeness (QED) is 0.261. The Balaban J connectivity index is 1.31. The average molecular weight is 530 g/mol. The van der Waals surface area contributed by atoms with Crippen LogP contribution >= 0.6 is 34.7 Å². The van der Waals surface area contributed by atoms with Crippen LogP contribution in [0, 0.1) is 6.92 Å². The summed E-state index contributed by atoms with van der Waals surface area (Å²) >= 11 is 8.89. The van der Waals surface area contributed by atoms with Gasteiger partial charge in [-0.05, 0) is 49.4 Å². The van der Waals surface area contributed by atoms with Gasteiger partial charge in [0, 0.05) is 26.5 Å². The van der Waals surface area contributed by atoms with Crippen LogP contribution in [0.2, 0.25) is 5.02 Å². The lowest BCUT2D eigenvalue weighted by Crippen LogP contribution is -2.14. The van der Waals surface area contributed by atoms with E-state index in [1.807, 2.05) is 30.5 Å². The molecule has 0 fully saturated rings. The highest BCUT2D eigenvalue weighted by molar-refractivity contribution is 8.00. The molecule has 0 unspecified atom stereocenters. The summed E-state index contributed by atoms with van der Waals surface area (Å²) in [6.07, 6.45) is 0. The average Bonchev–Trinajstić information content (AvgIpc) is 3.27. The second-order valence-electron chi connectivity index (χ2n) is 7.30. The van der Waals surface area contributed by atoms with Gasteiger partial charge < -0.3 is 5.32 Å². The number of hydrogen-bond donors (Lipinski definition) is 2. The van der Waals surface area contributed by atoms with Crippen molar-refractivity contribution in [1.29, 1.82) is 0 Å². The van der Waals surface area contributed by atoms with E-state index < -0.39 is 10.0 Å². The van der Waals surface area contributed by atoms with E-state index in [4.69, 9.17) is 11.6 Å². The third kappa shape index (κ3) is 6.18. The fourth-order valence-electron chi connectivity index (χ4n) is 2.98. The van der Waals surface area contributed by atoms with Gasteiger partial charge in [0.1, 0.15) is 0 Å². The van der Waals surface area contributed by atoms with Gasteiger partial charge >= 0.3 is 0 Å². The van der Waals surface area contributed by atoms with E-state index in [9.17, 15) is 13.2 Å². The fourth-order valence-corrected chi connectivity index (χ4v) is 5.70. The van der Waals surface area contributed by atoms with Gasteiger partial charge in [0.15, 0.2) is 5.13 Å². The number of amides is 1. The number of nitrogens with one attached hydrogen (secondary N) is 2. The molecule has 0 bridgehead atoms. The number of aryl methyl sites for hydroxylation is 1. The van der Waals surface area contributed by atoms with Gasteiger partial charge in [0.25, 0.3) is 10.0 Å². The first-order valence-electron chi connectivity index (χ1n) is 10.1. The Labute approximate surface area is 211 Å². The van der Waals surface area contributed by atoms with Crippen LogP contribution in [0.5, 0.6) is 0 Å². The normalized spacial score (nSPS) is 11.2. The van der Waals surface area contributed by atoms with Crippen molar-refractivity contribution in [3.63, 3.8) is 0 Å². The minimum absolute atomic E-state index is 0.186. The molecule has 1 amide bonds. The first-order chi connectivity index (χ1) is 16.3. The highest BCUT2D eigenvalue weighted by atomic mass is 35.5. The van der Waals surface area contributed by atoms with Gasteiger partial charge in [-0.25, -0.2) is 13.4 Å². The molecule has 0 spiro atoms. The SMILES string of the molecule is Cc1ccc(S(=O)(=O)Nc2ccc(SCC(=O)Nc3nc(-c4ccccc4Cl)cs3)cc2)cc1. The summed E-state index contributed by atoms with van der Waals surface area (Å²) in [6, 6.07) is 20.9. The maximum Gasteiger partial charge on any atom is 0.261 e. The number of anilines is 2. The summed E-state index contributed by atoms with van der Waals surface area (Å²) in [5.74, 6) is 0.00401. The second-order valence-corrected chi connectivity index (χ2v) is 11.3. The number of nitrogens with zero attached hydrogens (tertiary/aromatic N) is 1. The van der Waals surface area contributed by atoms with E-state index in [0.717, 1.165) is 16.0 Å². The number of halogens is 1. The van der Waals surface area contributed by atoms with Crippen molar-refractivity contribution in [3.8, 4) is 11.3 Å². The molecular weight excluding hydrogens is 510 g/mol. The van der Waals surface area contributed by atoms with E-state index in [-0.39, 0.29) is 16.6 Å². The molecule has 1 aromatic heterocycles. The zero-order chi connectivity index (χ0) is 24.1. The molecule has 6 nitrogen and oxygen atoms in total. The minimum atomic E-state index is -3.66. The number of carbonyl (C=O) groups is 1. The summed E-state index contributed by atoms with van der Waals surface area (Å²) in [7, 11) is -3.66. The molecule has 2 N–H and O–H groups in total. The lowest BCUT2D eigenvalue weighted by molar-refractivity contribution is -0.113. The highest BCUT2D eigenvalue weighted by Crippen LogP contribution is 2.30. The zero-order valence-electron chi connectivity index (χ0n) is 18.0. The first-order valence-corrected chi connectivity index (χ1v) is 13.9. The van der Waals surface area contributed by atoms with Crippen LogP contribution in [0.4, 0.5) is 10.8 Å². The van der Waals surface area contributed by atoms with Gasteiger partial charge in [-0.2, -0.15) is 0 Å². The van der Waals surface area contributed by atoms with Crippen molar-refractivity contribution in [2.75, 3.05) is 15.8 Å². The third-order valence-electron chi connectivity index (χ3n) is 4.71. The van der Waals surface area contributed by atoms with Crippen molar-refractivity contribution in [2.45, 2.75) is 16.7 Å². The van der Waals surface area contributed by atoms with Crippen molar-refractivity contribution >= 4 is 61.4 Å². The Hall–Kier alpha value is -2.85. The highest BCUT2D eigenvalue weighted by Gasteiger charge is 2.14. The van der Waals surface area contributed by atoms with Crippen molar-refractivity contribution < 1.29 is 13.2 Å². The molecule has 174 valence electrons. The summed E-state index contributed by atoms with van der Waals surface area (Å²) in [4.78, 5) is 17.8. The number of rotatable bonds is 8. The molecule has 4 aromatic rings. The van der Waals surface area contributed by atoms with Crippen LogP contribution in [0.15, 0.2) is 88.0 Å². The largest absolute Gasteiger partial charge is 0.301 e. The van der Waals surface area contributed by atoms with Crippen LogP contribution in [0.3, 0.4) is 0 Å². The van der Waals surface area contributed by atoms with Gasteiger partial charge in [-0.1, -0.05) is 47.5 Å². The van der Waals surface area contributed by atoms with Gasteiger partial charge in [-0.3, -0.25) is 9.52 Å². The molecule has 1 heterocycles. The summed E-state index contributed by atoms with van der Waals surface area (Å²) in [6.45, 7) is 1.90. The molecule has 0 atom stereocenters. The topological polar surface area (TPSA) is 88.2 Å². The van der Waals surface area contributed by atoms with Crippen LogP contribution in [0.1, 0.15) is 5.56 Å². The number of carbonyl (C=O) groups excluding carboxylic acids is 1. The van der Waals surface area contributed by atoms with E-state index in [1.165, 1.54) is 23.1 Å². The first kappa shape index (κ1) is 24.3. The lowest BCUT2D eigenvalue weighted by Gasteiger charge is -2.09. The van der Waals surface area contributed by atoms with E-state index in [1.54, 1.807) is 54.6 Å². The van der Waals surface area contributed by atoms with Crippen LogP contribution in [-0.4, -0.2) is 25.1 Å². The predicted molar refractivity (Wildman–Crippen MR) is 140 cm³/mol. The minimum Gasteiger partial charge on any atom is -0.301 e.